The number of aromatic hydroxyl groups is 1. The SMILES string of the molecule is COc1ccc(-c2nc(C)cc(N)n2)cc1O. The second kappa shape index (κ2) is 4.29. The summed E-state index contributed by atoms with van der Waals surface area (Å²) < 4.78 is 4.97. The van der Waals surface area contributed by atoms with Crippen LogP contribution in [0.4, 0.5) is 5.82 Å². The third-order valence-corrected chi connectivity index (χ3v) is 2.31. The maximum Gasteiger partial charge on any atom is 0.161 e. The number of ether oxygens (including phenoxy) is 1. The number of nitrogens with two attached hydrogens (primary N) is 1. The maximum absolute atomic E-state index is 9.68. The number of hydrogen-bond acceptors (Lipinski definition) is 5. The molecule has 0 aliphatic rings. The van der Waals surface area contributed by atoms with E-state index in [1.54, 1.807) is 24.3 Å². The molecule has 17 heavy (non-hydrogen) atoms. The Hall–Kier alpha value is -2.30. The molecule has 3 N–H and O–H groups in total. The average Bonchev–Trinajstić information content (AvgIpc) is 2.27. The lowest BCUT2D eigenvalue weighted by Gasteiger charge is -2.06. The van der Waals surface area contributed by atoms with Crippen molar-refractivity contribution in [3.05, 3.63) is 30.0 Å². The van der Waals surface area contributed by atoms with Gasteiger partial charge < -0.3 is 15.6 Å². The summed E-state index contributed by atoms with van der Waals surface area (Å²) in [5, 5.41) is 9.68. The molecule has 0 radical (unpaired) electrons. The summed E-state index contributed by atoms with van der Waals surface area (Å²) in [5.74, 6) is 1.35. The van der Waals surface area contributed by atoms with Gasteiger partial charge >= 0.3 is 0 Å². The number of phenolic OH excluding ortho intramolecular Hbond substituents is 1. The second-order valence-electron chi connectivity index (χ2n) is 3.64. The molecule has 1 aromatic carbocycles. The van der Waals surface area contributed by atoms with Crippen molar-refractivity contribution in [3.8, 4) is 22.9 Å². The van der Waals surface area contributed by atoms with E-state index in [2.05, 4.69) is 9.97 Å². The summed E-state index contributed by atoms with van der Waals surface area (Å²) in [6.45, 7) is 1.84. The van der Waals surface area contributed by atoms with Crippen molar-refractivity contribution in [1.29, 1.82) is 0 Å². The van der Waals surface area contributed by atoms with Gasteiger partial charge in [-0.15, -0.1) is 0 Å². The molecular formula is C12H13N3O2. The standard InChI is InChI=1S/C12H13N3O2/c1-7-5-11(13)15-12(14-7)8-3-4-10(17-2)9(16)6-8/h3-6,16H,1-2H3,(H2,13,14,15). The molecule has 0 fully saturated rings. The molecule has 88 valence electrons. The highest BCUT2D eigenvalue weighted by Crippen LogP contribution is 2.30. The number of aromatic nitrogens is 2. The molecule has 0 spiro atoms. The first-order chi connectivity index (χ1) is 8.10. The Labute approximate surface area is 98.9 Å². The van der Waals surface area contributed by atoms with Crippen LogP contribution in [-0.4, -0.2) is 22.2 Å². The lowest BCUT2D eigenvalue weighted by molar-refractivity contribution is 0.373. The molecule has 5 heteroatoms. The zero-order valence-electron chi connectivity index (χ0n) is 9.64. The monoisotopic (exact) mass is 231 g/mol. The molecule has 0 aliphatic carbocycles. The van der Waals surface area contributed by atoms with Gasteiger partial charge in [-0.25, -0.2) is 9.97 Å². The van der Waals surface area contributed by atoms with E-state index >= 15 is 0 Å². The van der Waals surface area contributed by atoms with E-state index in [0.29, 0.717) is 23.0 Å². The van der Waals surface area contributed by atoms with Gasteiger partial charge in [0.1, 0.15) is 5.82 Å². The number of phenols is 1. The zero-order chi connectivity index (χ0) is 12.4. The van der Waals surface area contributed by atoms with E-state index in [0.717, 1.165) is 5.69 Å². The molecule has 0 saturated carbocycles. The van der Waals surface area contributed by atoms with Crippen LogP contribution >= 0.6 is 0 Å². The summed E-state index contributed by atoms with van der Waals surface area (Å²) in [6, 6.07) is 6.67. The normalized spacial score (nSPS) is 10.2. The van der Waals surface area contributed by atoms with E-state index in [-0.39, 0.29) is 5.75 Å². The third kappa shape index (κ3) is 2.28. The van der Waals surface area contributed by atoms with Gasteiger partial charge in [0.2, 0.25) is 0 Å². The highest BCUT2D eigenvalue weighted by molar-refractivity contribution is 5.61. The molecule has 0 aliphatic heterocycles. The van der Waals surface area contributed by atoms with E-state index in [1.165, 1.54) is 7.11 Å². The molecule has 0 atom stereocenters. The number of anilines is 1. The van der Waals surface area contributed by atoms with E-state index in [1.807, 2.05) is 6.92 Å². The lowest BCUT2D eigenvalue weighted by Crippen LogP contribution is -1.97. The van der Waals surface area contributed by atoms with Gasteiger partial charge in [0.05, 0.1) is 7.11 Å². The number of nitrogen functional groups attached to an aromatic ring is 1. The molecule has 5 nitrogen and oxygen atoms in total. The first-order valence-electron chi connectivity index (χ1n) is 5.08. The first-order valence-corrected chi connectivity index (χ1v) is 5.08. The summed E-state index contributed by atoms with van der Waals surface area (Å²) in [5.41, 5.74) is 7.13. The fourth-order valence-corrected chi connectivity index (χ4v) is 1.55. The largest absolute Gasteiger partial charge is 0.504 e. The molecule has 0 saturated heterocycles. The van der Waals surface area contributed by atoms with Crippen molar-refractivity contribution in [3.63, 3.8) is 0 Å². The van der Waals surface area contributed by atoms with Crippen LogP contribution in [-0.2, 0) is 0 Å². The average molecular weight is 231 g/mol. The molecule has 1 aromatic heterocycles. The zero-order valence-corrected chi connectivity index (χ0v) is 9.64. The van der Waals surface area contributed by atoms with Crippen LogP contribution in [0.5, 0.6) is 11.5 Å². The smallest absolute Gasteiger partial charge is 0.161 e. The Morgan fingerprint density at radius 1 is 1.24 bits per heavy atom. The van der Waals surface area contributed by atoms with Crippen LogP contribution in [0, 0.1) is 6.92 Å². The van der Waals surface area contributed by atoms with Crippen molar-refractivity contribution in [2.45, 2.75) is 6.92 Å². The van der Waals surface area contributed by atoms with Crippen molar-refractivity contribution in [1.82, 2.24) is 9.97 Å². The first kappa shape index (κ1) is 11.2. The van der Waals surface area contributed by atoms with Crippen molar-refractivity contribution < 1.29 is 9.84 Å². The second-order valence-corrected chi connectivity index (χ2v) is 3.64. The number of methoxy groups -OCH3 is 1. The highest BCUT2D eigenvalue weighted by atomic mass is 16.5. The number of aryl methyl sites for hydroxylation is 1. The van der Waals surface area contributed by atoms with Gasteiger partial charge in [0.15, 0.2) is 17.3 Å². The number of hydrogen-bond donors (Lipinski definition) is 2. The Morgan fingerprint density at radius 2 is 2.00 bits per heavy atom. The maximum atomic E-state index is 9.68. The minimum atomic E-state index is 0.0497. The van der Waals surface area contributed by atoms with Crippen LogP contribution in [0.1, 0.15) is 5.69 Å². The Bertz CT molecular complexity index is 535. The highest BCUT2D eigenvalue weighted by Gasteiger charge is 2.07. The quantitative estimate of drug-likeness (QED) is 0.822. The molecule has 0 bridgehead atoms. The Morgan fingerprint density at radius 3 is 2.59 bits per heavy atom. The van der Waals surface area contributed by atoms with E-state index < -0.39 is 0 Å². The number of rotatable bonds is 2. The fourth-order valence-electron chi connectivity index (χ4n) is 1.55. The van der Waals surface area contributed by atoms with Crippen LogP contribution < -0.4 is 10.5 Å². The molecule has 0 unspecified atom stereocenters. The number of benzene rings is 1. The predicted octanol–water partition coefficient (Wildman–Crippen LogP) is 1.75. The lowest BCUT2D eigenvalue weighted by atomic mass is 10.2. The van der Waals surface area contributed by atoms with Crippen LogP contribution in [0.25, 0.3) is 11.4 Å². The summed E-state index contributed by atoms with van der Waals surface area (Å²) in [6.07, 6.45) is 0. The van der Waals surface area contributed by atoms with E-state index in [4.69, 9.17) is 10.5 Å². The molecule has 0 amide bonds. The van der Waals surface area contributed by atoms with Crippen molar-refractivity contribution in [2.24, 2.45) is 0 Å². The summed E-state index contributed by atoms with van der Waals surface area (Å²) in [7, 11) is 1.50. The third-order valence-electron chi connectivity index (χ3n) is 2.31. The van der Waals surface area contributed by atoms with Gasteiger partial charge in [-0.05, 0) is 25.1 Å². The molecular weight excluding hydrogens is 218 g/mol. The minimum absolute atomic E-state index is 0.0497. The van der Waals surface area contributed by atoms with Gasteiger partial charge in [-0.2, -0.15) is 0 Å². The van der Waals surface area contributed by atoms with Gasteiger partial charge in [0, 0.05) is 17.3 Å². The Balaban J connectivity index is 2.49. The van der Waals surface area contributed by atoms with Crippen molar-refractivity contribution >= 4 is 5.82 Å². The molecule has 1 heterocycles. The van der Waals surface area contributed by atoms with Gasteiger partial charge in [-0.1, -0.05) is 0 Å². The van der Waals surface area contributed by atoms with Crippen LogP contribution in [0.3, 0.4) is 0 Å². The van der Waals surface area contributed by atoms with Gasteiger partial charge in [0.25, 0.3) is 0 Å². The topological polar surface area (TPSA) is 81.3 Å². The van der Waals surface area contributed by atoms with E-state index in [9.17, 15) is 5.11 Å². The molecule has 2 aromatic rings. The van der Waals surface area contributed by atoms with Crippen molar-refractivity contribution in [2.75, 3.05) is 12.8 Å². The van der Waals surface area contributed by atoms with Gasteiger partial charge in [-0.3, -0.25) is 0 Å². The Kier molecular flexibility index (Phi) is 2.82. The number of nitrogens with zero attached hydrogens (tertiary/aromatic N) is 2. The van der Waals surface area contributed by atoms with Crippen LogP contribution in [0.15, 0.2) is 24.3 Å². The predicted molar refractivity (Wildman–Crippen MR) is 64.8 cm³/mol. The summed E-state index contributed by atoms with van der Waals surface area (Å²) in [4.78, 5) is 8.37. The molecule has 2 rings (SSSR count). The minimum Gasteiger partial charge on any atom is -0.504 e. The fraction of sp³-hybridized carbons (Fsp3) is 0.167. The van der Waals surface area contributed by atoms with Crippen LogP contribution in [0.2, 0.25) is 0 Å². The summed E-state index contributed by atoms with van der Waals surface area (Å²) >= 11 is 0.